The first-order valence-electron chi connectivity index (χ1n) is 9.90. The zero-order valence-corrected chi connectivity index (χ0v) is 16.5. The topological polar surface area (TPSA) is 9.23 Å². The van der Waals surface area contributed by atoms with E-state index in [1.54, 1.807) is 18.2 Å². The van der Waals surface area contributed by atoms with Crippen LogP contribution in [0.2, 0.25) is 0 Å². The number of benzene rings is 1. The largest absolute Gasteiger partial charge is 0.497 e. The van der Waals surface area contributed by atoms with Gasteiger partial charge in [-0.2, -0.15) is 0 Å². The molecule has 132 valence electrons. The molecule has 2 saturated carbocycles. The van der Waals surface area contributed by atoms with Crippen molar-refractivity contribution in [3.63, 3.8) is 0 Å². The molecule has 3 aliphatic carbocycles. The molecular weight excluding hydrogens is 292 g/mol. The fraction of sp³-hybridized carbons (Fsp3) is 0.739. The van der Waals surface area contributed by atoms with E-state index in [9.17, 15) is 0 Å². The molecule has 0 spiro atoms. The van der Waals surface area contributed by atoms with E-state index in [0.717, 1.165) is 17.6 Å². The molecule has 1 aromatic carbocycles. The number of rotatable bonds is 1. The average Bonchev–Trinajstić information content (AvgIpc) is 2.80. The van der Waals surface area contributed by atoms with Crippen molar-refractivity contribution in [1.29, 1.82) is 0 Å². The molecule has 0 aromatic heterocycles. The SMILES string of the molecule is COc1cc(C)c2c(c1)C[C@@H]1[C@@]3(C)CCCC(C)(C)[C@@H]3CC[C@@]21C. The van der Waals surface area contributed by atoms with Gasteiger partial charge < -0.3 is 4.74 Å². The highest BCUT2D eigenvalue weighted by Crippen LogP contribution is 2.67. The van der Waals surface area contributed by atoms with Crippen LogP contribution in [0, 0.1) is 29.6 Å². The summed E-state index contributed by atoms with van der Waals surface area (Å²) in [6.07, 6.45) is 8.27. The van der Waals surface area contributed by atoms with E-state index in [1.165, 1.54) is 44.1 Å². The van der Waals surface area contributed by atoms with Gasteiger partial charge in [0.25, 0.3) is 0 Å². The van der Waals surface area contributed by atoms with Crippen molar-refractivity contribution in [2.45, 2.75) is 78.6 Å². The van der Waals surface area contributed by atoms with Crippen LogP contribution in [-0.4, -0.2) is 7.11 Å². The van der Waals surface area contributed by atoms with Gasteiger partial charge in [0.15, 0.2) is 0 Å². The molecule has 1 heteroatoms. The van der Waals surface area contributed by atoms with Crippen LogP contribution in [0.4, 0.5) is 0 Å². The van der Waals surface area contributed by atoms with Gasteiger partial charge in [0.1, 0.15) is 5.75 Å². The summed E-state index contributed by atoms with van der Waals surface area (Å²) in [4.78, 5) is 0. The zero-order chi connectivity index (χ0) is 17.3. The van der Waals surface area contributed by atoms with Crippen molar-refractivity contribution < 1.29 is 4.74 Å². The molecule has 24 heavy (non-hydrogen) atoms. The lowest BCUT2D eigenvalue weighted by atomic mass is 9.43. The molecular formula is C23H34O. The Kier molecular flexibility index (Phi) is 3.45. The highest BCUT2D eigenvalue weighted by Gasteiger charge is 2.61. The molecule has 0 heterocycles. The number of methoxy groups -OCH3 is 1. The van der Waals surface area contributed by atoms with Gasteiger partial charge in [-0.1, -0.05) is 34.1 Å². The zero-order valence-electron chi connectivity index (χ0n) is 16.5. The van der Waals surface area contributed by atoms with Crippen molar-refractivity contribution in [2.24, 2.45) is 22.7 Å². The third kappa shape index (κ3) is 1.99. The summed E-state index contributed by atoms with van der Waals surface area (Å²) in [5, 5.41) is 0. The average molecular weight is 327 g/mol. The van der Waals surface area contributed by atoms with E-state index in [4.69, 9.17) is 4.74 Å². The molecule has 1 aromatic rings. The second kappa shape index (κ2) is 5.02. The van der Waals surface area contributed by atoms with E-state index in [-0.39, 0.29) is 0 Å². The van der Waals surface area contributed by atoms with Crippen LogP contribution in [0.5, 0.6) is 5.75 Å². The van der Waals surface area contributed by atoms with Crippen LogP contribution in [-0.2, 0) is 11.8 Å². The summed E-state index contributed by atoms with van der Waals surface area (Å²) in [5.74, 6) is 2.72. The predicted molar refractivity (Wildman–Crippen MR) is 101 cm³/mol. The van der Waals surface area contributed by atoms with Crippen molar-refractivity contribution in [3.05, 3.63) is 28.8 Å². The van der Waals surface area contributed by atoms with Gasteiger partial charge in [-0.05, 0) is 95.9 Å². The lowest BCUT2D eigenvalue weighted by Crippen LogP contribution is -2.55. The Balaban J connectivity index is 1.82. The first-order chi connectivity index (χ1) is 11.2. The Bertz CT molecular complexity index is 673. The Hall–Kier alpha value is -0.980. The van der Waals surface area contributed by atoms with Crippen molar-refractivity contribution in [1.82, 2.24) is 0 Å². The molecule has 4 rings (SSSR count). The van der Waals surface area contributed by atoms with Crippen molar-refractivity contribution in [2.75, 3.05) is 7.11 Å². The minimum Gasteiger partial charge on any atom is -0.497 e. The predicted octanol–water partition coefficient (Wildman–Crippen LogP) is 6.06. The highest BCUT2D eigenvalue weighted by atomic mass is 16.5. The molecule has 3 aliphatic rings. The Morgan fingerprint density at radius 1 is 1.00 bits per heavy atom. The Morgan fingerprint density at radius 2 is 1.75 bits per heavy atom. The number of hydrogen-bond donors (Lipinski definition) is 0. The maximum Gasteiger partial charge on any atom is 0.119 e. The molecule has 0 amide bonds. The van der Waals surface area contributed by atoms with Gasteiger partial charge in [0, 0.05) is 0 Å². The minimum absolute atomic E-state index is 0.365. The van der Waals surface area contributed by atoms with Gasteiger partial charge in [0.2, 0.25) is 0 Å². The van der Waals surface area contributed by atoms with Crippen LogP contribution in [0.25, 0.3) is 0 Å². The number of fused-ring (bicyclic) bond motifs is 5. The van der Waals surface area contributed by atoms with Crippen LogP contribution in [0.1, 0.15) is 76.5 Å². The fourth-order valence-electron chi connectivity index (χ4n) is 7.55. The Morgan fingerprint density at radius 3 is 2.46 bits per heavy atom. The van der Waals surface area contributed by atoms with Crippen LogP contribution < -0.4 is 4.74 Å². The smallest absolute Gasteiger partial charge is 0.119 e. The van der Waals surface area contributed by atoms with E-state index in [2.05, 4.69) is 46.8 Å². The maximum absolute atomic E-state index is 5.57. The molecule has 0 aliphatic heterocycles. The van der Waals surface area contributed by atoms with E-state index in [1.807, 2.05) is 0 Å². The second-order valence-electron chi connectivity index (χ2n) is 10.1. The number of hydrogen-bond acceptors (Lipinski definition) is 1. The Labute approximate surface area is 148 Å². The van der Waals surface area contributed by atoms with Gasteiger partial charge in [-0.25, -0.2) is 0 Å². The lowest BCUT2D eigenvalue weighted by Gasteiger charge is -2.61. The van der Waals surface area contributed by atoms with Gasteiger partial charge in [-0.15, -0.1) is 0 Å². The highest BCUT2D eigenvalue weighted by molar-refractivity contribution is 5.51. The summed E-state index contributed by atoms with van der Waals surface area (Å²) in [7, 11) is 1.80. The van der Waals surface area contributed by atoms with Gasteiger partial charge in [0.05, 0.1) is 7.11 Å². The minimum atomic E-state index is 0.365. The fourth-order valence-corrected chi connectivity index (χ4v) is 7.55. The first kappa shape index (κ1) is 16.5. The van der Waals surface area contributed by atoms with Crippen molar-refractivity contribution in [3.8, 4) is 5.75 Å². The van der Waals surface area contributed by atoms with E-state index >= 15 is 0 Å². The van der Waals surface area contributed by atoms with Crippen LogP contribution in [0.15, 0.2) is 12.1 Å². The third-order valence-corrected chi connectivity index (χ3v) is 8.41. The standard InChI is InChI=1S/C23H34O/c1-15-12-17(24-6)13-16-14-19-22(4)10-7-9-21(2,3)18(22)8-11-23(19,5)20(15)16/h12-13,18-19H,7-11,14H2,1-6H3/t18-,19+,22-,23+/m0/s1. The van der Waals surface area contributed by atoms with Gasteiger partial charge in [-0.3, -0.25) is 0 Å². The summed E-state index contributed by atoms with van der Waals surface area (Å²) in [6, 6.07) is 4.59. The molecule has 0 bridgehead atoms. The molecule has 1 nitrogen and oxygen atoms in total. The molecule has 0 radical (unpaired) electrons. The second-order valence-corrected chi connectivity index (χ2v) is 10.1. The lowest BCUT2D eigenvalue weighted by molar-refractivity contribution is -0.0983. The maximum atomic E-state index is 5.57. The summed E-state index contributed by atoms with van der Waals surface area (Å²) in [6.45, 7) is 12.6. The van der Waals surface area contributed by atoms with Crippen LogP contribution in [0.3, 0.4) is 0 Å². The van der Waals surface area contributed by atoms with Crippen LogP contribution >= 0.6 is 0 Å². The summed E-state index contributed by atoms with van der Waals surface area (Å²) in [5.41, 5.74) is 6.06. The molecule has 4 atom stereocenters. The summed E-state index contributed by atoms with van der Waals surface area (Å²) >= 11 is 0. The van der Waals surface area contributed by atoms with Gasteiger partial charge >= 0.3 is 0 Å². The quantitative estimate of drug-likeness (QED) is 0.609. The summed E-state index contributed by atoms with van der Waals surface area (Å²) < 4.78 is 5.57. The molecule has 0 saturated heterocycles. The normalized spacial score (nSPS) is 39.8. The molecule has 0 N–H and O–H groups in total. The number of aryl methyl sites for hydroxylation is 1. The number of ether oxygens (including phenoxy) is 1. The van der Waals surface area contributed by atoms with E-state index in [0.29, 0.717) is 16.2 Å². The molecule has 2 fully saturated rings. The monoisotopic (exact) mass is 326 g/mol. The van der Waals surface area contributed by atoms with E-state index < -0.39 is 0 Å². The first-order valence-corrected chi connectivity index (χ1v) is 9.90. The third-order valence-electron chi connectivity index (χ3n) is 8.41. The molecule has 0 unspecified atom stereocenters. The van der Waals surface area contributed by atoms with Crippen molar-refractivity contribution >= 4 is 0 Å².